The lowest BCUT2D eigenvalue weighted by molar-refractivity contribution is 0.229. The van der Waals surface area contributed by atoms with Crippen LogP contribution in [0.15, 0.2) is 28.1 Å². The van der Waals surface area contributed by atoms with Gasteiger partial charge in [-0.2, -0.15) is 10.1 Å². The standard InChI is InChI=1S/C18H18N6OS.ClH/c1-10-14-11(16-21-17(23-25-16)18(19)6-4-7-18)9-12(13-5-3-8-26-13)20-15(14)24(2)22-10;/h3,5,8-9H,4,6-7,19H2,1-2H3;1H. The van der Waals surface area contributed by atoms with Gasteiger partial charge in [-0.1, -0.05) is 11.2 Å². The Morgan fingerprint density at radius 2 is 2.11 bits per heavy atom. The Balaban J connectivity index is 0.00000180. The average Bonchev–Trinajstić information content (AvgIpc) is 3.33. The zero-order chi connectivity index (χ0) is 17.9. The minimum atomic E-state index is -0.450. The van der Waals surface area contributed by atoms with Crippen LogP contribution in [0.25, 0.3) is 33.1 Å². The van der Waals surface area contributed by atoms with E-state index >= 15 is 0 Å². The molecule has 0 atom stereocenters. The summed E-state index contributed by atoms with van der Waals surface area (Å²) in [6.45, 7) is 1.96. The van der Waals surface area contributed by atoms with E-state index in [1.54, 1.807) is 16.0 Å². The van der Waals surface area contributed by atoms with Gasteiger partial charge in [0.1, 0.15) is 0 Å². The lowest BCUT2D eigenvalue weighted by atomic mass is 9.77. The second kappa shape index (κ2) is 6.40. The Morgan fingerprint density at radius 3 is 2.78 bits per heavy atom. The number of fused-ring (bicyclic) bond motifs is 1. The summed E-state index contributed by atoms with van der Waals surface area (Å²) in [5, 5.41) is 11.7. The molecular formula is C18H19ClN6OS. The predicted octanol–water partition coefficient (Wildman–Crippen LogP) is 3.81. The summed E-state index contributed by atoms with van der Waals surface area (Å²) in [7, 11) is 1.90. The summed E-state index contributed by atoms with van der Waals surface area (Å²) in [5.74, 6) is 1.06. The molecule has 9 heteroatoms. The van der Waals surface area contributed by atoms with E-state index in [0.29, 0.717) is 11.7 Å². The molecule has 1 aliphatic rings. The Bertz CT molecular complexity index is 1110. The maximum Gasteiger partial charge on any atom is 0.258 e. The van der Waals surface area contributed by atoms with Gasteiger partial charge >= 0.3 is 0 Å². The number of hydrogen-bond acceptors (Lipinski definition) is 7. The lowest BCUT2D eigenvalue weighted by Crippen LogP contribution is -2.44. The molecule has 0 saturated heterocycles. The number of pyridine rings is 1. The molecule has 0 radical (unpaired) electrons. The molecule has 140 valence electrons. The topological polar surface area (TPSA) is 95.7 Å². The van der Waals surface area contributed by atoms with Gasteiger partial charge in [0.15, 0.2) is 11.5 Å². The molecule has 27 heavy (non-hydrogen) atoms. The smallest absolute Gasteiger partial charge is 0.258 e. The zero-order valence-electron chi connectivity index (χ0n) is 15.0. The molecule has 0 bridgehead atoms. The van der Waals surface area contributed by atoms with Crippen LogP contribution in [0.3, 0.4) is 0 Å². The molecule has 4 aromatic heterocycles. The Kier molecular flexibility index (Phi) is 4.29. The highest BCUT2D eigenvalue weighted by Gasteiger charge is 2.39. The molecule has 4 aromatic rings. The highest BCUT2D eigenvalue weighted by Crippen LogP contribution is 2.39. The van der Waals surface area contributed by atoms with Crippen LogP contribution in [0.1, 0.15) is 30.8 Å². The number of aromatic nitrogens is 5. The van der Waals surface area contributed by atoms with Gasteiger partial charge < -0.3 is 10.3 Å². The number of nitrogens with zero attached hydrogens (tertiary/aromatic N) is 5. The first-order valence-corrected chi connectivity index (χ1v) is 9.45. The number of thiophene rings is 1. The minimum absolute atomic E-state index is 0. The number of nitrogens with two attached hydrogens (primary N) is 1. The lowest BCUT2D eigenvalue weighted by Gasteiger charge is -2.34. The molecule has 1 saturated carbocycles. The van der Waals surface area contributed by atoms with Crippen LogP contribution < -0.4 is 5.73 Å². The Hall–Kier alpha value is -2.29. The molecule has 5 rings (SSSR count). The van der Waals surface area contributed by atoms with Gasteiger partial charge in [-0.25, -0.2) is 4.98 Å². The summed E-state index contributed by atoms with van der Waals surface area (Å²) in [6, 6.07) is 6.07. The first-order valence-electron chi connectivity index (χ1n) is 8.57. The maximum absolute atomic E-state index is 6.36. The van der Waals surface area contributed by atoms with Crippen molar-refractivity contribution in [3.8, 4) is 22.0 Å². The van der Waals surface area contributed by atoms with E-state index in [1.807, 2.05) is 37.6 Å². The first-order chi connectivity index (χ1) is 12.5. The van der Waals surface area contributed by atoms with Crippen molar-refractivity contribution in [2.45, 2.75) is 31.7 Å². The number of hydrogen-bond donors (Lipinski definition) is 1. The Labute approximate surface area is 166 Å². The molecule has 1 fully saturated rings. The van der Waals surface area contributed by atoms with Crippen molar-refractivity contribution in [2.24, 2.45) is 12.8 Å². The van der Waals surface area contributed by atoms with Crippen LogP contribution in [0.4, 0.5) is 0 Å². The summed E-state index contributed by atoms with van der Waals surface area (Å²) < 4.78 is 7.41. The van der Waals surface area contributed by atoms with Crippen molar-refractivity contribution >= 4 is 34.8 Å². The van der Waals surface area contributed by atoms with Gasteiger partial charge in [-0.3, -0.25) is 4.68 Å². The van der Waals surface area contributed by atoms with Crippen molar-refractivity contribution in [2.75, 3.05) is 0 Å². The molecule has 0 aromatic carbocycles. The van der Waals surface area contributed by atoms with Crippen LogP contribution in [-0.2, 0) is 12.6 Å². The van der Waals surface area contributed by atoms with Crippen molar-refractivity contribution < 1.29 is 4.52 Å². The van der Waals surface area contributed by atoms with Crippen LogP contribution in [0.2, 0.25) is 0 Å². The zero-order valence-corrected chi connectivity index (χ0v) is 16.6. The molecule has 0 aliphatic heterocycles. The van der Waals surface area contributed by atoms with Crippen LogP contribution in [0.5, 0.6) is 0 Å². The monoisotopic (exact) mass is 402 g/mol. The second-order valence-corrected chi connectivity index (χ2v) is 7.82. The third-order valence-electron chi connectivity index (χ3n) is 5.09. The quantitative estimate of drug-likeness (QED) is 0.559. The van der Waals surface area contributed by atoms with E-state index in [0.717, 1.165) is 52.1 Å². The minimum Gasteiger partial charge on any atom is -0.334 e. The van der Waals surface area contributed by atoms with Crippen LogP contribution in [-0.4, -0.2) is 24.9 Å². The fourth-order valence-electron chi connectivity index (χ4n) is 3.48. The largest absolute Gasteiger partial charge is 0.334 e. The molecular weight excluding hydrogens is 384 g/mol. The third kappa shape index (κ3) is 2.75. The Morgan fingerprint density at radius 1 is 1.30 bits per heavy atom. The normalized spacial score (nSPS) is 15.5. The predicted molar refractivity (Wildman–Crippen MR) is 107 cm³/mol. The van der Waals surface area contributed by atoms with Gasteiger partial charge in [0.2, 0.25) is 0 Å². The van der Waals surface area contributed by atoms with Crippen molar-refractivity contribution in [1.29, 1.82) is 0 Å². The molecule has 2 N–H and O–H groups in total. The maximum atomic E-state index is 6.36. The first kappa shape index (κ1) is 18.1. The van der Waals surface area contributed by atoms with Crippen molar-refractivity contribution in [1.82, 2.24) is 24.9 Å². The fourth-order valence-corrected chi connectivity index (χ4v) is 4.17. The molecule has 0 spiro atoms. The van der Waals surface area contributed by atoms with Gasteiger partial charge in [-0.15, -0.1) is 23.7 Å². The summed E-state index contributed by atoms with van der Waals surface area (Å²) in [5.41, 5.74) is 9.31. The van der Waals surface area contributed by atoms with Crippen LogP contribution in [0, 0.1) is 6.92 Å². The highest BCUT2D eigenvalue weighted by molar-refractivity contribution is 7.13. The highest BCUT2D eigenvalue weighted by atomic mass is 35.5. The van der Waals surface area contributed by atoms with E-state index in [-0.39, 0.29) is 12.4 Å². The van der Waals surface area contributed by atoms with Crippen molar-refractivity contribution in [3.05, 3.63) is 35.1 Å². The molecule has 4 heterocycles. The van der Waals surface area contributed by atoms with E-state index in [4.69, 9.17) is 15.2 Å². The third-order valence-corrected chi connectivity index (χ3v) is 5.98. The van der Waals surface area contributed by atoms with Gasteiger partial charge in [0.05, 0.1) is 32.8 Å². The summed E-state index contributed by atoms with van der Waals surface area (Å²) in [4.78, 5) is 10.5. The molecule has 1 aliphatic carbocycles. The molecule has 0 amide bonds. The van der Waals surface area contributed by atoms with Gasteiger partial charge in [0, 0.05) is 7.05 Å². The number of aryl methyl sites for hydroxylation is 2. The van der Waals surface area contributed by atoms with Gasteiger partial charge in [-0.05, 0) is 43.7 Å². The van der Waals surface area contributed by atoms with E-state index in [2.05, 4.69) is 15.2 Å². The van der Waals surface area contributed by atoms with E-state index in [1.165, 1.54) is 0 Å². The summed E-state index contributed by atoms with van der Waals surface area (Å²) >= 11 is 1.64. The molecule has 7 nitrogen and oxygen atoms in total. The van der Waals surface area contributed by atoms with Gasteiger partial charge in [0.25, 0.3) is 5.89 Å². The SMILES string of the molecule is Cc1nn(C)c2nc(-c3cccs3)cc(-c3nc(C4(N)CCC4)no3)c12.Cl. The number of rotatable bonds is 3. The van der Waals surface area contributed by atoms with Crippen LogP contribution >= 0.6 is 23.7 Å². The fraction of sp³-hybridized carbons (Fsp3) is 0.333. The van der Waals surface area contributed by atoms with E-state index in [9.17, 15) is 0 Å². The average molecular weight is 403 g/mol. The number of halogens is 1. The van der Waals surface area contributed by atoms with E-state index < -0.39 is 5.54 Å². The summed E-state index contributed by atoms with van der Waals surface area (Å²) in [6.07, 6.45) is 2.89. The molecule has 0 unspecified atom stereocenters. The second-order valence-electron chi connectivity index (χ2n) is 6.87. The van der Waals surface area contributed by atoms with Crippen molar-refractivity contribution in [3.63, 3.8) is 0 Å².